The van der Waals surface area contributed by atoms with Gasteiger partial charge in [0.15, 0.2) is 0 Å². The van der Waals surface area contributed by atoms with Gasteiger partial charge in [-0.25, -0.2) is 8.42 Å². The molecule has 12 heteroatoms. The van der Waals surface area contributed by atoms with Gasteiger partial charge in [0, 0.05) is 20.0 Å². The van der Waals surface area contributed by atoms with Crippen molar-refractivity contribution in [1.29, 1.82) is 0 Å². The first-order chi connectivity index (χ1) is 20.9. The van der Waals surface area contributed by atoms with Crippen LogP contribution in [0.4, 0.5) is 5.69 Å². The van der Waals surface area contributed by atoms with Gasteiger partial charge in [0.05, 0.1) is 30.7 Å². The Kier molecular flexibility index (Phi) is 11.2. The molecule has 1 N–H and O–H groups in total. The second kappa shape index (κ2) is 14.7. The Bertz CT molecular complexity index is 1750. The van der Waals surface area contributed by atoms with Crippen molar-refractivity contribution in [3.8, 4) is 0 Å². The molecule has 230 valence electrons. The van der Waals surface area contributed by atoms with Crippen LogP contribution in [-0.2, 0) is 32.6 Å². The second-order valence-corrected chi connectivity index (χ2v) is 13.4. The Labute approximate surface area is 277 Å². The number of carbonyl (C=O) groups is 2. The summed E-state index contributed by atoms with van der Waals surface area (Å²) in [4.78, 5) is 29.0. The maximum absolute atomic E-state index is 14.4. The summed E-state index contributed by atoms with van der Waals surface area (Å²) in [6, 6.07) is 23.8. The normalized spacial score (nSPS) is 12.0. The monoisotopic (exact) mass is 691 g/mol. The largest absolute Gasteiger partial charge is 0.357 e. The lowest BCUT2D eigenvalue weighted by atomic mass is 10.0. The van der Waals surface area contributed by atoms with Gasteiger partial charge in [-0.15, -0.1) is 0 Å². The zero-order valence-electron chi connectivity index (χ0n) is 23.8. The lowest BCUT2D eigenvalue weighted by molar-refractivity contribution is -0.139. The van der Waals surface area contributed by atoms with Gasteiger partial charge < -0.3 is 10.2 Å². The molecule has 0 radical (unpaired) electrons. The minimum Gasteiger partial charge on any atom is -0.357 e. The number of benzene rings is 4. The van der Waals surface area contributed by atoms with E-state index in [9.17, 15) is 18.0 Å². The fraction of sp³-hybridized carbons (Fsp3) is 0.188. The van der Waals surface area contributed by atoms with Crippen molar-refractivity contribution in [3.63, 3.8) is 0 Å². The van der Waals surface area contributed by atoms with E-state index < -0.39 is 34.4 Å². The third-order valence-corrected chi connectivity index (χ3v) is 10.3. The number of hydrogen-bond donors (Lipinski definition) is 1. The van der Waals surface area contributed by atoms with Crippen molar-refractivity contribution < 1.29 is 18.0 Å². The number of aryl methyl sites for hydroxylation is 1. The Morgan fingerprint density at radius 1 is 0.795 bits per heavy atom. The molecule has 0 unspecified atom stereocenters. The molecule has 4 rings (SSSR count). The number of nitrogens with one attached hydrogen (secondary N) is 1. The molecule has 0 saturated heterocycles. The molecular formula is C32H29Cl4N3O4S. The molecule has 0 aromatic heterocycles. The number of halogens is 4. The van der Waals surface area contributed by atoms with Crippen molar-refractivity contribution in [2.45, 2.75) is 30.8 Å². The maximum Gasteiger partial charge on any atom is 0.264 e. The van der Waals surface area contributed by atoms with Crippen molar-refractivity contribution >= 4 is 73.9 Å². The average Bonchev–Trinajstić information content (AvgIpc) is 3.01. The third-order valence-electron chi connectivity index (χ3n) is 6.94. The summed E-state index contributed by atoms with van der Waals surface area (Å²) in [6.45, 7) is 1.08. The van der Waals surface area contributed by atoms with Crippen LogP contribution in [-0.4, -0.2) is 44.8 Å². The smallest absolute Gasteiger partial charge is 0.264 e. The Hall–Kier alpha value is -3.27. The molecule has 0 fully saturated rings. The van der Waals surface area contributed by atoms with Crippen LogP contribution < -0.4 is 9.62 Å². The van der Waals surface area contributed by atoms with E-state index in [2.05, 4.69) is 5.32 Å². The quantitative estimate of drug-likeness (QED) is 0.180. The number of nitrogens with zero attached hydrogens (tertiary/aromatic N) is 2. The van der Waals surface area contributed by atoms with Crippen LogP contribution in [0.1, 0.15) is 16.7 Å². The van der Waals surface area contributed by atoms with Gasteiger partial charge in [-0.2, -0.15) is 0 Å². The molecule has 0 aliphatic carbocycles. The van der Waals surface area contributed by atoms with Gasteiger partial charge in [-0.3, -0.25) is 13.9 Å². The summed E-state index contributed by atoms with van der Waals surface area (Å²) < 4.78 is 29.1. The predicted octanol–water partition coefficient (Wildman–Crippen LogP) is 7.19. The number of hydrogen-bond acceptors (Lipinski definition) is 4. The van der Waals surface area contributed by atoms with E-state index in [4.69, 9.17) is 46.4 Å². The molecule has 2 amide bonds. The molecule has 0 spiro atoms. The summed E-state index contributed by atoms with van der Waals surface area (Å²) in [5.74, 6) is -1.09. The van der Waals surface area contributed by atoms with Gasteiger partial charge in [-0.1, -0.05) is 107 Å². The fourth-order valence-corrected chi connectivity index (χ4v) is 6.79. The highest BCUT2D eigenvalue weighted by Gasteiger charge is 2.35. The van der Waals surface area contributed by atoms with E-state index >= 15 is 0 Å². The van der Waals surface area contributed by atoms with Gasteiger partial charge in [0.1, 0.15) is 12.6 Å². The Balaban J connectivity index is 1.83. The number of rotatable bonds is 11. The number of likely N-dealkylation sites (N-methyl/N-ethyl adjacent to an activating group) is 1. The van der Waals surface area contributed by atoms with Gasteiger partial charge >= 0.3 is 0 Å². The van der Waals surface area contributed by atoms with Crippen LogP contribution in [0, 0.1) is 6.92 Å². The lowest BCUT2D eigenvalue weighted by Crippen LogP contribution is -2.53. The first-order valence-electron chi connectivity index (χ1n) is 13.4. The molecule has 0 aliphatic heterocycles. The summed E-state index contributed by atoms with van der Waals surface area (Å²) >= 11 is 25.2. The highest BCUT2D eigenvalue weighted by Crippen LogP contribution is 2.36. The van der Waals surface area contributed by atoms with E-state index in [1.54, 1.807) is 36.4 Å². The Morgan fingerprint density at radius 2 is 1.48 bits per heavy atom. The van der Waals surface area contributed by atoms with Crippen LogP contribution in [0.5, 0.6) is 0 Å². The minimum absolute atomic E-state index is 0.0159. The zero-order valence-corrected chi connectivity index (χ0v) is 27.6. The van der Waals surface area contributed by atoms with E-state index in [-0.39, 0.29) is 38.6 Å². The van der Waals surface area contributed by atoms with Crippen LogP contribution >= 0.6 is 46.4 Å². The summed E-state index contributed by atoms with van der Waals surface area (Å²) in [6.07, 6.45) is 0.163. The van der Waals surface area contributed by atoms with E-state index in [0.717, 1.165) is 15.4 Å². The first kappa shape index (κ1) is 33.6. The van der Waals surface area contributed by atoms with Crippen LogP contribution in [0.3, 0.4) is 0 Å². The van der Waals surface area contributed by atoms with Crippen molar-refractivity contribution in [1.82, 2.24) is 10.2 Å². The van der Waals surface area contributed by atoms with Crippen molar-refractivity contribution in [3.05, 3.63) is 128 Å². The van der Waals surface area contributed by atoms with Crippen LogP contribution in [0.2, 0.25) is 20.1 Å². The lowest BCUT2D eigenvalue weighted by Gasteiger charge is -2.34. The Morgan fingerprint density at radius 3 is 2.11 bits per heavy atom. The number of amides is 2. The van der Waals surface area contributed by atoms with E-state index in [1.807, 2.05) is 37.3 Å². The van der Waals surface area contributed by atoms with E-state index in [1.165, 1.54) is 36.2 Å². The van der Waals surface area contributed by atoms with E-state index in [0.29, 0.717) is 10.6 Å². The van der Waals surface area contributed by atoms with Crippen LogP contribution in [0.15, 0.2) is 95.9 Å². The minimum atomic E-state index is -4.33. The molecule has 44 heavy (non-hydrogen) atoms. The number of anilines is 1. The summed E-state index contributed by atoms with van der Waals surface area (Å²) in [7, 11) is -2.86. The predicted molar refractivity (Wildman–Crippen MR) is 177 cm³/mol. The number of sulfonamides is 1. The van der Waals surface area contributed by atoms with Gasteiger partial charge in [0.25, 0.3) is 10.0 Å². The molecule has 0 aliphatic rings. The van der Waals surface area contributed by atoms with Crippen LogP contribution in [0.25, 0.3) is 0 Å². The summed E-state index contributed by atoms with van der Waals surface area (Å²) in [5.41, 5.74) is 2.26. The zero-order chi connectivity index (χ0) is 32.0. The highest BCUT2D eigenvalue weighted by atomic mass is 35.5. The van der Waals surface area contributed by atoms with Gasteiger partial charge in [-0.05, 0) is 54.4 Å². The maximum atomic E-state index is 14.4. The molecular weight excluding hydrogens is 664 g/mol. The molecule has 4 aromatic carbocycles. The molecule has 0 heterocycles. The van der Waals surface area contributed by atoms with Crippen molar-refractivity contribution in [2.75, 3.05) is 17.9 Å². The second-order valence-electron chi connectivity index (χ2n) is 9.99. The third kappa shape index (κ3) is 7.86. The topological polar surface area (TPSA) is 86.8 Å². The number of carbonyl (C=O) groups excluding carboxylic acids is 2. The average molecular weight is 693 g/mol. The molecule has 7 nitrogen and oxygen atoms in total. The van der Waals surface area contributed by atoms with Gasteiger partial charge in [0.2, 0.25) is 11.8 Å². The standard InChI is InChI=1S/C32H29Cl4N3O4S/c1-21-11-14-24(15-12-21)44(42,43)39(28-10-6-9-26(34)31(28)36)20-30(40)38(19-23-13-16-25(33)27(35)17-23)29(32(41)37-2)18-22-7-4-3-5-8-22/h3-17,29H,18-20H2,1-2H3,(H,37,41)/t29-/m0/s1. The van der Waals surface area contributed by atoms with Crippen molar-refractivity contribution in [2.24, 2.45) is 0 Å². The SMILES string of the molecule is CNC(=O)[C@H](Cc1ccccc1)N(Cc1ccc(Cl)c(Cl)c1)C(=O)CN(c1cccc(Cl)c1Cl)S(=O)(=O)c1ccc(C)cc1. The molecule has 1 atom stereocenters. The molecule has 0 bridgehead atoms. The molecule has 4 aromatic rings. The summed E-state index contributed by atoms with van der Waals surface area (Å²) in [5, 5.41) is 3.30. The molecule has 0 saturated carbocycles. The first-order valence-corrected chi connectivity index (χ1v) is 16.4. The highest BCUT2D eigenvalue weighted by molar-refractivity contribution is 7.92. The fourth-order valence-electron chi connectivity index (χ4n) is 4.59.